The lowest BCUT2D eigenvalue weighted by atomic mass is 10.2. The Morgan fingerprint density at radius 2 is 1.75 bits per heavy atom. The van der Waals surface area contributed by atoms with Crippen molar-refractivity contribution >= 4 is 13.3 Å². The molecule has 0 radical (unpaired) electrons. The molecule has 0 bridgehead atoms. The van der Waals surface area contributed by atoms with Crippen LogP contribution in [0.3, 0.4) is 0 Å². The van der Waals surface area contributed by atoms with Crippen LogP contribution in [0.25, 0.3) is 0 Å². The molecular formula is C14H22OSi. The fourth-order valence-electron chi connectivity index (χ4n) is 3.03. The Morgan fingerprint density at radius 3 is 2.25 bits per heavy atom. The van der Waals surface area contributed by atoms with E-state index in [1.807, 2.05) is 0 Å². The van der Waals surface area contributed by atoms with Gasteiger partial charge >= 0.3 is 0 Å². The quantitative estimate of drug-likeness (QED) is 0.714. The van der Waals surface area contributed by atoms with Crippen LogP contribution in [0.1, 0.15) is 20.3 Å². The van der Waals surface area contributed by atoms with Crippen molar-refractivity contribution in [1.82, 2.24) is 0 Å². The molecule has 0 amide bonds. The molecule has 1 nitrogen and oxygen atoms in total. The summed E-state index contributed by atoms with van der Waals surface area (Å²) in [5.41, 5.74) is 0.755. The predicted octanol–water partition coefficient (Wildman–Crippen LogP) is 3.17. The molecule has 1 aliphatic heterocycles. The first-order chi connectivity index (χ1) is 7.51. The first-order valence-electron chi connectivity index (χ1n) is 6.23. The van der Waals surface area contributed by atoms with Crippen LogP contribution in [0.5, 0.6) is 0 Å². The fraction of sp³-hybridized carbons (Fsp3) is 0.571. The van der Waals surface area contributed by atoms with Gasteiger partial charge in [0.25, 0.3) is 0 Å². The molecule has 1 fully saturated rings. The topological polar surface area (TPSA) is 9.23 Å². The van der Waals surface area contributed by atoms with E-state index in [0.29, 0.717) is 12.2 Å². The number of rotatable bonds is 2. The molecular weight excluding hydrogens is 212 g/mol. The SMILES string of the molecule is C[C@@H]1O[C@@H](C)C[C@H]1[Si](C)(C)c1ccccc1. The van der Waals surface area contributed by atoms with E-state index in [1.165, 1.54) is 6.42 Å². The van der Waals surface area contributed by atoms with Crippen molar-refractivity contribution in [2.45, 2.75) is 51.1 Å². The molecule has 0 aromatic heterocycles. The van der Waals surface area contributed by atoms with Gasteiger partial charge in [-0.05, 0) is 25.8 Å². The molecule has 0 spiro atoms. The molecule has 1 aromatic rings. The number of hydrogen-bond acceptors (Lipinski definition) is 1. The summed E-state index contributed by atoms with van der Waals surface area (Å²) in [6.07, 6.45) is 2.10. The largest absolute Gasteiger partial charge is 0.376 e. The van der Waals surface area contributed by atoms with E-state index in [0.717, 1.165) is 5.54 Å². The zero-order valence-electron chi connectivity index (χ0n) is 10.7. The van der Waals surface area contributed by atoms with Crippen molar-refractivity contribution in [1.29, 1.82) is 0 Å². The number of hydrogen-bond donors (Lipinski definition) is 0. The minimum Gasteiger partial charge on any atom is -0.376 e. The van der Waals surface area contributed by atoms with Crippen LogP contribution in [-0.4, -0.2) is 20.3 Å². The molecule has 0 unspecified atom stereocenters. The van der Waals surface area contributed by atoms with Crippen LogP contribution in [0, 0.1) is 0 Å². The summed E-state index contributed by atoms with van der Waals surface area (Å²) in [5.74, 6) is 0. The summed E-state index contributed by atoms with van der Waals surface area (Å²) < 4.78 is 5.92. The highest BCUT2D eigenvalue weighted by Gasteiger charge is 2.42. The van der Waals surface area contributed by atoms with Crippen LogP contribution < -0.4 is 5.19 Å². The molecule has 0 saturated carbocycles. The lowest BCUT2D eigenvalue weighted by Crippen LogP contribution is -2.48. The molecule has 2 heteroatoms. The van der Waals surface area contributed by atoms with Crippen molar-refractivity contribution < 1.29 is 4.74 Å². The van der Waals surface area contributed by atoms with Crippen molar-refractivity contribution in [2.24, 2.45) is 0 Å². The van der Waals surface area contributed by atoms with E-state index < -0.39 is 8.07 Å². The van der Waals surface area contributed by atoms with Gasteiger partial charge in [0.05, 0.1) is 20.3 Å². The van der Waals surface area contributed by atoms with E-state index in [1.54, 1.807) is 5.19 Å². The Kier molecular flexibility index (Phi) is 3.22. The molecule has 1 aromatic carbocycles. The second kappa shape index (κ2) is 4.34. The Balaban J connectivity index is 2.25. The zero-order valence-corrected chi connectivity index (χ0v) is 11.7. The average molecular weight is 234 g/mol. The Hall–Kier alpha value is -0.603. The first kappa shape index (κ1) is 11.9. The monoisotopic (exact) mass is 234 g/mol. The van der Waals surface area contributed by atoms with Crippen molar-refractivity contribution in [3.63, 3.8) is 0 Å². The normalized spacial score (nSPS) is 30.6. The van der Waals surface area contributed by atoms with Gasteiger partial charge in [0.2, 0.25) is 0 Å². The van der Waals surface area contributed by atoms with Gasteiger partial charge in [-0.1, -0.05) is 48.6 Å². The van der Waals surface area contributed by atoms with E-state index in [4.69, 9.17) is 4.74 Å². The molecule has 16 heavy (non-hydrogen) atoms. The highest BCUT2D eigenvalue weighted by atomic mass is 28.3. The average Bonchev–Trinajstić information content (AvgIpc) is 2.60. The van der Waals surface area contributed by atoms with E-state index in [9.17, 15) is 0 Å². The lowest BCUT2D eigenvalue weighted by Gasteiger charge is -2.32. The maximum Gasteiger partial charge on any atom is 0.0863 e. The number of ether oxygens (including phenoxy) is 1. The Morgan fingerprint density at radius 1 is 1.12 bits per heavy atom. The van der Waals surface area contributed by atoms with Gasteiger partial charge in [-0.25, -0.2) is 0 Å². The van der Waals surface area contributed by atoms with Gasteiger partial charge in [-0.3, -0.25) is 0 Å². The fourth-order valence-corrected chi connectivity index (χ4v) is 6.68. The molecule has 88 valence electrons. The maximum atomic E-state index is 5.92. The summed E-state index contributed by atoms with van der Waals surface area (Å²) in [6.45, 7) is 9.40. The second-order valence-electron chi connectivity index (χ2n) is 5.58. The van der Waals surface area contributed by atoms with E-state index >= 15 is 0 Å². The molecule has 1 aliphatic rings. The summed E-state index contributed by atoms with van der Waals surface area (Å²) in [6, 6.07) is 11.0. The van der Waals surface area contributed by atoms with Crippen molar-refractivity contribution in [2.75, 3.05) is 0 Å². The molecule has 1 saturated heterocycles. The smallest absolute Gasteiger partial charge is 0.0863 e. The van der Waals surface area contributed by atoms with Gasteiger partial charge in [0, 0.05) is 0 Å². The predicted molar refractivity (Wildman–Crippen MR) is 71.9 cm³/mol. The van der Waals surface area contributed by atoms with Crippen LogP contribution >= 0.6 is 0 Å². The minimum absolute atomic E-state index is 0.428. The molecule has 0 aliphatic carbocycles. The minimum atomic E-state index is -1.38. The third-order valence-corrected chi connectivity index (χ3v) is 8.42. The van der Waals surface area contributed by atoms with Gasteiger partial charge in [-0.2, -0.15) is 0 Å². The molecule has 3 atom stereocenters. The first-order valence-corrected chi connectivity index (χ1v) is 9.30. The van der Waals surface area contributed by atoms with Crippen molar-refractivity contribution in [3.8, 4) is 0 Å². The summed E-state index contributed by atoms with van der Waals surface area (Å²) in [4.78, 5) is 0. The van der Waals surface area contributed by atoms with Gasteiger partial charge < -0.3 is 4.74 Å². The lowest BCUT2D eigenvalue weighted by molar-refractivity contribution is 0.0669. The highest BCUT2D eigenvalue weighted by molar-refractivity contribution is 6.91. The van der Waals surface area contributed by atoms with Crippen LogP contribution in [0.4, 0.5) is 0 Å². The number of benzene rings is 1. The van der Waals surface area contributed by atoms with Crippen molar-refractivity contribution in [3.05, 3.63) is 30.3 Å². The standard InChI is InChI=1S/C14H22OSi/c1-11-10-14(12(2)15-11)16(3,4)13-8-6-5-7-9-13/h5-9,11-12,14H,10H2,1-4H3/t11-,12-,14+/m0/s1. The van der Waals surface area contributed by atoms with Crippen LogP contribution in [0.2, 0.25) is 18.6 Å². The van der Waals surface area contributed by atoms with Gasteiger partial charge in [0.15, 0.2) is 0 Å². The Labute approximate surface area is 99.8 Å². The third-order valence-electron chi connectivity index (χ3n) is 4.04. The summed E-state index contributed by atoms with van der Waals surface area (Å²) >= 11 is 0. The molecule has 0 N–H and O–H groups in total. The van der Waals surface area contributed by atoms with E-state index in [-0.39, 0.29) is 0 Å². The van der Waals surface area contributed by atoms with Gasteiger partial charge in [0.1, 0.15) is 0 Å². The van der Waals surface area contributed by atoms with Crippen LogP contribution in [0.15, 0.2) is 30.3 Å². The van der Waals surface area contributed by atoms with E-state index in [2.05, 4.69) is 57.3 Å². The Bertz CT molecular complexity index is 347. The molecule has 1 heterocycles. The van der Waals surface area contributed by atoms with Crippen LogP contribution in [-0.2, 0) is 4.74 Å². The summed E-state index contributed by atoms with van der Waals surface area (Å²) in [7, 11) is -1.38. The molecule has 2 rings (SSSR count). The van der Waals surface area contributed by atoms with Gasteiger partial charge in [-0.15, -0.1) is 0 Å². The zero-order chi connectivity index (χ0) is 11.8. The highest BCUT2D eigenvalue weighted by Crippen LogP contribution is 2.38. The third kappa shape index (κ3) is 2.09. The maximum absolute atomic E-state index is 5.92. The second-order valence-corrected chi connectivity index (χ2v) is 10.3. The summed E-state index contributed by atoms with van der Waals surface area (Å²) in [5, 5.41) is 1.56.